The van der Waals surface area contributed by atoms with Gasteiger partial charge in [0.05, 0.1) is 28.9 Å². The van der Waals surface area contributed by atoms with Crippen LogP contribution in [0.3, 0.4) is 0 Å². The zero-order valence-electron chi connectivity index (χ0n) is 16.7. The summed E-state index contributed by atoms with van der Waals surface area (Å²) >= 11 is 7.27. The Balaban J connectivity index is 1.55. The summed E-state index contributed by atoms with van der Waals surface area (Å²) in [6, 6.07) is 14.0. The molecule has 0 spiro atoms. The maximum Gasteiger partial charge on any atom is 0.266 e. The van der Waals surface area contributed by atoms with Crippen LogP contribution in [0.1, 0.15) is 12.8 Å². The van der Waals surface area contributed by atoms with E-state index >= 15 is 0 Å². The van der Waals surface area contributed by atoms with Gasteiger partial charge in [-0.15, -0.1) is 0 Å². The van der Waals surface area contributed by atoms with Gasteiger partial charge in [-0.3, -0.25) is 19.0 Å². The monoisotopic (exact) mass is 456 g/mol. The van der Waals surface area contributed by atoms with E-state index in [1.165, 1.54) is 4.57 Å². The molecular formula is C22H21ClN4O3S. The van der Waals surface area contributed by atoms with Gasteiger partial charge in [0.2, 0.25) is 11.8 Å². The van der Waals surface area contributed by atoms with Crippen LogP contribution in [0.15, 0.2) is 58.5 Å². The Morgan fingerprint density at radius 2 is 1.87 bits per heavy atom. The van der Waals surface area contributed by atoms with Crippen LogP contribution < -0.4 is 10.9 Å². The molecule has 1 aliphatic heterocycles. The summed E-state index contributed by atoms with van der Waals surface area (Å²) < 4.78 is 1.46. The van der Waals surface area contributed by atoms with Crippen molar-refractivity contribution in [2.75, 3.05) is 25.4 Å². The molecule has 160 valence electrons. The highest BCUT2D eigenvalue weighted by molar-refractivity contribution is 7.99. The molecule has 0 saturated carbocycles. The zero-order valence-corrected chi connectivity index (χ0v) is 18.3. The molecule has 2 amide bonds. The highest BCUT2D eigenvalue weighted by atomic mass is 35.5. The molecule has 0 radical (unpaired) electrons. The fourth-order valence-electron chi connectivity index (χ4n) is 3.49. The first kappa shape index (κ1) is 21.4. The lowest BCUT2D eigenvalue weighted by atomic mass is 10.2. The summed E-state index contributed by atoms with van der Waals surface area (Å²) in [5.74, 6) is -0.341. The fourth-order valence-corrected chi connectivity index (χ4v) is 4.51. The summed E-state index contributed by atoms with van der Waals surface area (Å²) in [6.45, 7) is 1.47. The predicted molar refractivity (Wildman–Crippen MR) is 122 cm³/mol. The first-order valence-corrected chi connectivity index (χ1v) is 11.3. The molecule has 3 aromatic rings. The van der Waals surface area contributed by atoms with Crippen molar-refractivity contribution < 1.29 is 9.59 Å². The molecule has 1 fully saturated rings. The minimum absolute atomic E-state index is 0.0222. The lowest BCUT2D eigenvalue weighted by molar-refractivity contribution is -0.131. The van der Waals surface area contributed by atoms with Crippen LogP contribution in [0.5, 0.6) is 0 Å². The Labute approximate surface area is 188 Å². The SMILES string of the molecule is O=C(CSc1nc2ccccc2c(=O)n1-c1cccc(Cl)c1)NCC(=O)N1CCCC1. The number of nitrogens with one attached hydrogen (secondary N) is 1. The number of aromatic nitrogens is 2. The smallest absolute Gasteiger partial charge is 0.266 e. The number of likely N-dealkylation sites (tertiary alicyclic amines) is 1. The number of halogens is 1. The first-order chi connectivity index (χ1) is 15.0. The minimum Gasteiger partial charge on any atom is -0.346 e. The molecule has 4 rings (SSSR count). The van der Waals surface area contributed by atoms with Crippen LogP contribution in [0.25, 0.3) is 16.6 Å². The Bertz CT molecular complexity index is 1190. The largest absolute Gasteiger partial charge is 0.346 e. The van der Waals surface area contributed by atoms with Gasteiger partial charge in [-0.05, 0) is 43.2 Å². The van der Waals surface area contributed by atoms with Gasteiger partial charge in [0.15, 0.2) is 5.16 Å². The van der Waals surface area contributed by atoms with Crippen molar-refractivity contribution in [3.05, 3.63) is 63.9 Å². The number of benzene rings is 2. The van der Waals surface area contributed by atoms with Crippen LogP contribution in [0.4, 0.5) is 0 Å². The molecule has 0 bridgehead atoms. The molecule has 1 aromatic heterocycles. The number of hydrogen-bond acceptors (Lipinski definition) is 5. The third kappa shape index (κ3) is 4.91. The van der Waals surface area contributed by atoms with Crippen molar-refractivity contribution in [2.24, 2.45) is 0 Å². The van der Waals surface area contributed by atoms with Gasteiger partial charge in [-0.1, -0.05) is 41.6 Å². The van der Waals surface area contributed by atoms with Crippen LogP contribution >= 0.6 is 23.4 Å². The topological polar surface area (TPSA) is 84.3 Å². The van der Waals surface area contributed by atoms with Crippen LogP contribution in [-0.4, -0.2) is 51.7 Å². The summed E-state index contributed by atoms with van der Waals surface area (Å²) in [6.07, 6.45) is 2.01. The standard InChI is InChI=1S/C22H21ClN4O3S/c23-15-6-5-7-16(12-15)27-21(30)17-8-1-2-9-18(17)25-22(27)31-14-19(28)24-13-20(29)26-10-3-4-11-26/h1-2,5-9,12H,3-4,10-11,13-14H2,(H,24,28). The Morgan fingerprint density at radius 3 is 2.65 bits per heavy atom. The van der Waals surface area contributed by atoms with E-state index < -0.39 is 0 Å². The van der Waals surface area contributed by atoms with Crippen molar-refractivity contribution >= 4 is 46.1 Å². The molecule has 7 nitrogen and oxygen atoms in total. The van der Waals surface area contributed by atoms with E-state index in [1.54, 1.807) is 47.4 Å². The third-order valence-corrected chi connectivity index (χ3v) is 6.21. The number of hydrogen-bond donors (Lipinski definition) is 1. The van der Waals surface area contributed by atoms with Gasteiger partial charge < -0.3 is 10.2 Å². The Hall–Kier alpha value is -2.84. The average molecular weight is 457 g/mol. The first-order valence-electron chi connectivity index (χ1n) is 9.98. The van der Waals surface area contributed by atoms with Crippen molar-refractivity contribution in [3.63, 3.8) is 0 Å². The van der Waals surface area contributed by atoms with E-state index in [2.05, 4.69) is 10.3 Å². The number of thioether (sulfide) groups is 1. The summed E-state index contributed by atoms with van der Waals surface area (Å²) in [4.78, 5) is 44.0. The normalized spacial score (nSPS) is 13.5. The van der Waals surface area contributed by atoms with Crippen LogP contribution in [0.2, 0.25) is 5.02 Å². The summed E-state index contributed by atoms with van der Waals surface area (Å²) in [5, 5.41) is 4.02. The van der Waals surface area contributed by atoms with Gasteiger partial charge in [0.1, 0.15) is 0 Å². The molecule has 1 saturated heterocycles. The van der Waals surface area contributed by atoms with Gasteiger partial charge in [0.25, 0.3) is 5.56 Å². The van der Waals surface area contributed by atoms with Crippen molar-refractivity contribution in [3.8, 4) is 5.69 Å². The fraction of sp³-hybridized carbons (Fsp3) is 0.273. The average Bonchev–Trinajstić information content (AvgIpc) is 3.31. The highest BCUT2D eigenvalue weighted by Crippen LogP contribution is 2.22. The second-order valence-corrected chi connectivity index (χ2v) is 8.56. The Morgan fingerprint density at radius 1 is 1.10 bits per heavy atom. The molecule has 1 aliphatic rings. The molecule has 0 aliphatic carbocycles. The maximum atomic E-state index is 13.2. The van der Waals surface area contributed by atoms with E-state index in [0.717, 1.165) is 37.7 Å². The minimum atomic E-state index is -0.294. The molecular weight excluding hydrogens is 436 g/mol. The number of fused-ring (bicyclic) bond motifs is 1. The summed E-state index contributed by atoms with van der Waals surface area (Å²) in [5.41, 5.74) is 0.890. The highest BCUT2D eigenvalue weighted by Gasteiger charge is 2.19. The van der Waals surface area contributed by atoms with Gasteiger partial charge in [-0.25, -0.2) is 4.98 Å². The number of nitrogens with zero attached hydrogens (tertiary/aromatic N) is 3. The van der Waals surface area contributed by atoms with E-state index in [-0.39, 0.29) is 29.7 Å². The molecule has 0 atom stereocenters. The van der Waals surface area contributed by atoms with E-state index in [1.807, 2.05) is 6.07 Å². The van der Waals surface area contributed by atoms with Crippen LogP contribution in [0, 0.1) is 0 Å². The molecule has 9 heteroatoms. The molecule has 2 heterocycles. The lowest BCUT2D eigenvalue weighted by Crippen LogP contribution is -2.39. The van der Waals surface area contributed by atoms with Crippen LogP contribution in [-0.2, 0) is 9.59 Å². The quantitative estimate of drug-likeness (QED) is 0.455. The molecule has 1 N–H and O–H groups in total. The molecule has 2 aromatic carbocycles. The zero-order chi connectivity index (χ0) is 21.8. The predicted octanol–water partition coefficient (Wildman–Crippen LogP) is 2.87. The maximum absolute atomic E-state index is 13.2. The van der Waals surface area contributed by atoms with Crippen molar-refractivity contribution in [1.82, 2.24) is 19.8 Å². The van der Waals surface area contributed by atoms with E-state index in [4.69, 9.17) is 11.6 Å². The number of rotatable bonds is 6. The van der Waals surface area contributed by atoms with E-state index in [0.29, 0.717) is 26.8 Å². The van der Waals surface area contributed by atoms with Crippen molar-refractivity contribution in [1.29, 1.82) is 0 Å². The van der Waals surface area contributed by atoms with Gasteiger partial charge in [0, 0.05) is 18.1 Å². The molecule has 31 heavy (non-hydrogen) atoms. The number of para-hydroxylation sites is 1. The number of carbonyl (C=O) groups excluding carboxylic acids is 2. The van der Waals surface area contributed by atoms with Crippen molar-refractivity contribution in [2.45, 2.75) is 18.0 Å². The third-order valence-electron chi connectivity index (χ3n) is 5.04. The Kier molecular flexibility index (Phi) is 6.58. The lowest BCUT2D eigenvalue weighted by Gasteiger charge is -2.16. The van der Waals surface area contributed by atoms with Gasteiger partial charge in [-0.2, -0.15) is 0 Å². The summed E-state index contributed by atoms with van der Waals surface area (Å²) in [7, 11) is 0. The van der Waals surface area contributed by atoms with E-state index in [9.17, 15) is 14.4 Å². The second-order valence-electron chi connectivity index (χ2n) is 7.19. The van der Waals surface area contributed by atoms with Gasteiger partial charge >= 0.3 is 0 Å². The molecule has 0 unspecified atom stereocenters. The second kappa shape index (κ2) is 9.53. The number of carbonyl (C=O) groups is 2. The number of amides is 2.